The van der Waals surface area contributed by atoms with Gasteiger partial charge in [-0.2, -0.15) is 0 Å². The Bertz CT molecular complexity index is 227. The van der Waals surface area contributed by atoms with Gasteiger partial charge in [-0.25, -0.2) is 0 Å². The third-order valence-corrected chi connectivity index (χ3v) is 4.21. The minimum atomic E-state index is 0.217. The number of ether oxygens (including phenoxy) is 1. The lowest BCUT2D eigenvalue weighted by molar-refractivity contribution is -0.111. The monoisotopic (exact) mass is 240 g/mol. The molecule has 1 rings (SSSR count). The molecule has 5 unspecified atom stereocenters. The zero-order valence-corrected chi connectivity index (χ0v) is 11.8. The Morgan fingerprint density at radius 1 is 1.35 bits per heavy atom. The quantitative estimate of drug-likeness (QED) is 0.659. The first-order valence-electron chi connectivity index (χ1n) is 7.17. The second kappa shape index (κ2) is 7.15. The van der Waals surface area contributed by atoms with Crippen LogP contribution in [0.3, 0.4) is 0 Å². The van der Waals surface area contributed by atoms with E-state index in [-0.39, 0.29) is 5.92 Å². The topological polar surface area (TPSA) is 26.3 Å². The van der Waals surface area contributed by atoms with E-state index in [0.717, 1.165) is 19.1 Å². The van der Waals surface area contributed by atoms with Gasteiger partial charge in [-0.15, -0.1) is 0 Å². The molecule has 0 bridgehead atoms. The van der Waals surface area contributed by atoms with E-state index in [2.05, 4.69) is 20.8 Å². The molecule has 1 aliphatic carbocycles. The van der Waals surface area contributed by atoms with E-state index in [1.165, 1.54) is 19.3 Å². The van der Waals surface area contributed by atoms with Crippen molar-refractivity contribution in [1.29, 1.82) is 0 Å². The summed E-state index contributed by atoms with van der Waals surface area (Å²) in [6.07, 6.45) is 7.64. The average Bonchev–Trinajstić information content (AvgIpc) is 2.32. The summed E-state index contributed by atoms with van der Waals surface area (Å²) in [6.45, 7) is 8.67. The Morgan fingerprint density at radius 3 is 2.59 bits per heavy atom. The van der Waals surface area contributed by atoms with E-state index in [1.807, 2.05) is 6.92 Å². The molecule has 2 heteroatoms. The molecule has 0 radical (unpaired) electrons. The molecular formula is C15H28O2. The lowest BCUT2D eigenvalue weighted by Gasteiger charge is -2.36. The predicted octanol–water partition coefficient (Wildman–Crippen LogP) is 3.83. The second-order valence-electron chi connectivity index (χ2n) is 5.88. The molecule has 0 amide bonds. The molecular weight excluding hydrogens is 212 g/mol. The standard InChI is InChI=1S/C15H28O2/c1-5-13(4)17-15-7-6-14(12(3)9-15)8-11(2)10-16/h10-15H,5-9H2,1-4H3. The maximum atomic E-state index is 10.7. The molecule has 0 aliphatic heterocycles. The lowest BCUT2D eigenvalue weighted by atomic mass is 9.75. The Kier molecular flexibility index (Phi) is 6.18. The number of hydrogen-bond acceptors (Lipinski definition) is 2. The van der Waals surface area contributed by atoms with Gasteiger partial charge in [0.25, 0.3) is 0 Å². The maximum Gasteiger partial charge on any atom is 0.122 e. The molecule has 5 atom stereocenters. The highest BCUT2D eigenvalue weighted by Gasteiger charge is 2.29. The van der Waals surface area contributed by atoms with E-state index in [9.17, 15) is 4.79 Å². The van der Waals surface area contributed by atoms with Gasteiger partial charge in [0.05, 0.1) is 12.2 Å². The van der Waals surface area contributed by atoms with E-state index in [4.69, 9.17) is 4.74 Å². The van der Waals surface area contributed by atoms with E-state index >= 15 is 0 Å². The number of hydrogen-bond donors (Lipinski definition) is 0. The van der Waals surface area contributed by atoms with Gasteiger partial charge in [-0.3, -0.25) is 0 Å². The molecule has 0 heterocycles. The fraction of sp³-hybridized carbons (Fsp3) is 0.933. The third-order valence-electron chi connectivity index (χ3n) is 4.21. The summed E-state index contributed by atoms with van der Waals surface area (Å²) in [6, 6.07) is 0. The highest BCUT2D eigenvalue weighted by molar-refractivity contribution is 5.52. The van der Waals surface area contributed by atoms with Gasteiger partial charge in [-0.05, 0) is 50.9 Å². The summed E-state index contributed by atoms with van der Waals surface area (Å²) >= 11 is 0. The summed E-state index contributed by atoms with van der Waals surface area (Å²) in [5, 5.41) is 0. The normalized spacial score (nSPS) is 33.1. The Labute approximate surface area is 106 Å². The first-order chi connectivity index (χ1) is 8.06. The van der Waals surface area contributed by atoms with Crippen LogP contribution in [0.2, 0.25) is 0 Å². The lowest BCUT2D eigenvalue weighted by Crippen LogP contribution is -2.31. The molecule has 17 heavy (non-hydrogen) atoms. The zero-order chi connectivity index (χ0) is 12.8. The van der Waals surface area contributed by atoms with Crippen molar-refractivity contribution in [3.05, 3.63) is 0 Å². The average molecular weight is 240 g/mol. The van der Waals surface area contributed by atoms with Crippen molar-refractivity contribution in [2.45, 2.75) is 72.0 Å². The Balaban J connectivity index is 2.36. The first kappa shape index (κ1) is 14.7. The zero-order valence-electron chi connectivity index (χ0n) is 11.8. The van der Waals surface area contributed by atoms with Gasteiger partial charge in [0.2, 0.25) is 0 Å². The first-order valence-corrected chi connectivity index (χ1v) is 7.17. The van der Waals surface area contributed by atoms with Crippen LogP contribution in [0.1, 0.15) is 59.8 Å². The van der Waals surface area contributed by atoms with E-state index in [1.54, 1.807) is 0 Å². The third kappa shape index (κ3) is 4.79. The van der Waals surface area contributed by atoms with Crippen LogP contribution in [0.25, 0.3) is 0 Å². The number of rotatable bonds is 6. The van der Waals surface area contributed by atoms with Gasteiger partial charge in [0.15, 0.2) is 0 Å². The molecule has 0 N–H and O–H groups in total. The van der Waals surface area contributed by atoms with E-state index < -0.39 is 0 Å². The highest BCUT2D eigenvalue weighted by Crippen LogP contribution is 2.35. The van der Waals surface area contributed by atoms with Crippen LogP contribution < -0.4 is 0 Å². The SMILES string of the molecule is CCC(C)OC1CCC(CC(C)C=O)C(C)C1. The van der Waals surface area contributed by atoms with Crippen LogP contribution in [-0.4, -0.2) is 18.5 Å². The number of aldehydes is 1. The number of carbonyl (C=O) groups excluding carboxylic acids is 1. The summed E-state index contributed by atoms with van der Waals surface area (Å²) in [5.41, 5.74) is 0. The molecule has 100 valence electrons. The summed E-state index contributed by atoms with van der Waals surface area (Å²) in [5.74, 6) is 1.63. The Morgan fingerprint density at radius 2 is 2.06 bits per heavy atom. The van der Waals surface area contributed by atoms with Crippen LogP contribution in [0.4, 0.5) is 0 Å². The van der Waals surface area contributed by atoms with Crippen molar-refractivity contribution < 1.29 is 9.53 Å². The molecule has 1 saturated carbocycles. The van der Waals surface area contributed by atoms with Crippen molar-refractivity contribution in [2.24, 2.45) is 17.8 Å². The van der Waals surface area contributed by atoms with Gasteiger partial charge in [0, 0.05) is 5.92 Å². The molecule has 0 aromatic carbocycles. The fourth-order valence-electron chi connectivity index (χ4n) is 2.84. The Hall–Kier alpha value is -0.370. The molecule has 0 aromatic heterocycles. The van der Waals surface area contributed by atoms with Crippen LogP contribution in [0, 0.1) is 17.8 Å². The van der Waals surface area contributed by atoms with Crippen molar-refractivity contribution in [3.63, 3.8) is 0 Å². The minimum Gasteiger partial charge on any atom is -0.375 e. The summed E-state index contributed by atoms with van der Waals surface area (Å²) in [4.78, 5) is 10.7. The summed E-state index contributed by atoms with van der Waals surface area (Å²) in [7, 11) is 0. The van der Waals surface area contributed by atoms with Crippen LogP contribution in [0.15, 0.2) is 0 Å². The second-order valence-corrected chi connectivity index (χ2v) is 5.88. The number of carbonyl (C=O) groups is 1. The smallest absolute Gasteiger partial charge is 0.122 e. The fourth-order valence-corrected chi connectivity index (χ4v) is 2.84. The largest absolute Gasteiger partial charge is 0.375 e. The van der Waals surface area contributed by atoms with Gasteiger partial charge >= 0.3 is 0 Å². The molecule has 0 spiro atoms. The highest BCUT2D eigenvalue weighted by atomic mass is 16.5. The molecule has 1 aliphatic rings. The van der Waals surface area contributed by atoms with E-state index in [0.29, 0.717) is 24.0 Å². The minimum absolute atomic E-state index is 0.217. The molecule has 0 aromatic rings. The van der Waals surface area contributed by atoms with Crippen molar-refractivity contribution >= 4 is 6.29 Å². The van der Waals surface area contributed by atoms with Gasteiger partial charge in [-0.1, -0.05) is 20.8 Å². The van der Waals surface area contributed by atoms with Crippen LogP contribution >= 0.6 is 0 Å². The maximum absolute atomic E-state index is 10.7. The van der Waals surface area contributed by atoms with Crippen LogP contribution in [0.5, 0.6) is 0 Å². The predicted molar refractivity (Wildman–Crippen MR) is 71.0 cm³/mol. The summed E-state index contributed by atoms with van der Waals surface area (Å²) < 4.78 is 6.02. The van der Waals surface area contributed by atoms with Crippen molar-refractivity contribution in [3.8, 4) is 0 Å². The van der Waals surface area contributed by atoms with Crippen LogP contribution in [-0.2, 0) is 9.53 Å². The molecule has 0 saturated heterocycles. The molecule has 1 fully saturated rings. The van der Waals surface area contributed by atoms with Crippen molar-refractivity contribution in [2.75, 3.05) is 0 Å². The van der Waals surface area contributed by atoms with Crippen molar-refractivity contribution in [1.82, 2.24) is 0 Å². The van der Waals surface area contributed by atoms with Gasteiger partial charge in [0.1, 0.15) is 6.29 Å². The molecule has 2 nitrogen and oxygen atoms in total. The van der Waals surface area contributed by atoms with Gasteiger partial charge < -0.3 is 9.53 Å².